The largest absolute Gasteiger partial charge is 0.493 e. The summed E-state index contributed by atoms with van der Waals surface area (Å²) in [5.41, 5.74) is 0.533. The standard InChI is InChI=1S/C28H40N2O10/c1-10-20(17-39-27(31)18-13-21(33-4)25(37-8)22(14-18)34-5)29(2)11-12-30(3)40-28(32)19-15-23(35-6)26(38-9)24(16-19)36-7/h13-16,20H,10-12,17H2,1-9H3/t20-/m0/s1. The summed E-state index contributed by atoms with van der Waals surface area (Å²) in [6.07, 6.45) is 0.730. The molecule has 0 N–H and O–H groups in total. The van der Waals surface area contributed by atoms with Gasteiger partial charge in [0.05, 0.1) is 53.8 Å². The van der Waals surface area contributed by atoms with Gasteiger partial charge in [-0.25, -0.2) is 9.59 Å². The van der Waals surface area contributed by atoms with Crippen LogP contribution in [0.4, 0.5) is 0 Å². The third kappa shape index (κ3) is 8.06. The molecule has 0 radical (unpaired) electrons. The first kappa shape index (κ1) is 32.3. The molecule has 0 saturated heterocycles. The van der Waals surface area contributed by atoms with Crippen LogP contribution >= 0.6 is 0 Å². The molecule has 222 valence electrons. The molecule has 0 unspecified atom stereocenters. The van der Waals surface area contributed by atoms with Crippen LogP contribution in [0.2, 0.25) is 0 Å². The molecule has 0 aliphatic heterocycles. The van der Waals surface area contributed by atoms with E-state index in [1.807, 2.05) is 18.9 Å². The van der Waals surface area contributed by atoms with Crippen LogP contribution in [-0.4, -0.2) is 104 Å². The molecule has 2 aromatic carbocycles. The van der Waals surface area contributed by atoms with Crippen LogP contribution in [0.3, 0.4) is 0 Å². The maximum Gasteiger partial charge on any atom is 0.357 e. The smallest absolute Gasteiger partial charge is 0.357 e. The second-order valence-electron chi connectivity index (χ2n) is 8.70. The van der Waals surface area contributed by atoms with Crippen LogP contribution < -0.4 is 28.4 Å². The van der Waals surface area contributed by atoms with Crippen LogP contribution in [0, 0.1) is 0 Å². The summed E-state index contributed by atoms with van der Waals surface area (Å²) in [5, 5.41) is 1.44. The third-order valence-electron chi connectivity index (χ3n) is 6.31. The summed E-state index contributed by atoms with van der Waals surface area (Å²) >= 11 is 0. The van der Waals surface area contributed by atoms with E-state index in [4.69, 9.17) is 38.0 Å². The average molecular weight is 565 g/mol. The number of hydrogen-bond acceptors (Lipinski definition) is 12. The van der Waals surface area contributed by atoms with Crippen LogP contribution in [0.15, 0.2) is 24.3 Å². The van der Waals surface area contributed by atoms with Crippen molar-refractivity contribution in [2.24, 2.45) is 0 Å². The van der Waals surface area contributed by atoms with Gasteiger partial charge in [0, 0.05) is 26.2 Å². The van der Waals surface area contributed by atoms with Crippen molar-refractivity contribution in [2.75, 3.05) is 76.5 Å². The number of rotatable bonds is 16. The first-order chi connectivity index (χ1) is 19.2. The summed E-state index contributed by atoms with van der Waals surface area (Å²) < 4.78 is 37.5. The Labute approximate surface area is 235 Å². The Morgan fingerprint density at radius 2 is 1.10 bits per heavy atom. The minimum atomic E-state index is -0.573. The zero-order valence-corrected chi connectivity index (χ0v) is 24.7. The number of carbonyl (C=O) groups excluding carboxylic acids is 2. The lowest BCUT2D eigenvalue weighted by Crippen LogP contribution is -2.40. The highest BCUT2D eigenvalue weighted by Crippen LogP contribution is 2.39. The summed E-state index contributed by atoms with van der Waals surface area (Å²) in [4.78, 5) is 33.1. The minimum Gasteiger partial charge on any atom is -0.493 e. The van der Waals surface area contributed by atoms with E-state index in [0.717, 1.165) is 6.42 Å². The lowest BCUT2D eigenvalue weighted by Gasteiger charge is -2.28. The van der Waals surface area contributed by atoms with Crippen LogP contribution in [-0.2, 0) is 9.57 Å². The second kappa shape index (κ2) is 15.6. The Balaban J connectivity index is 1.96. The summed E-state index contributed by atoms with van der Waals surface area (Å²) in [7, 11) is 12.5. The summed E-state index contributed by atoms with van der Waals surface area (Å²) in [5.74, 6) is 1.12. The lowest BCUT2D eigenvalue weighted by molar-refractivity contribution is -0.0943. The first-order valence-electron chi connectivity index (χ1n) is 12.6. The molecular weight excluding hydrogens is 524 g/mol. The molecule has 0 aliphatic carbocycles. The molecule has 0 aliphatic rings. The Kier molecular flexibility index (Phi) is 12.6. The maximum atomic E-state index is 12.8. The second-order valence-corrected chi connectivity index (χ2v) is 8.70. The van der Waals surface area contributed by atoms with Gasteiger partial charge in [0.2, 0.25) is 11.5 Å². The van der Waals surface area contributed by atoms with Crippen molar-refractivity contribution in [1.29, 1.82) is 0 Å². The highest BCUT2D eigenvalue weighted by Gasteiger charge is 2.22. The SMILES string of the molecule is CC[C@@H](COC(=O)c1cc(OC)c(OC)c(OC)c1)N(C)CCN(C)OC(=O)c1cc(OC)c(OC)c(OC)c1. The minimum absolute atomic E-state index is 0.0646. The quantitative estimate of drug-likeness (QED) is 0.220. The predicted octanol–water partition coefficient (Wildman–Crippen LogP) is 3.31. The molecule has 0 aromatic heterocycles. The van der Waals surface area contributed by atoms with Crippen LogP contribution in [0.1, 0.15) is 34.1 Å². The number of carbonyl (C=O) groups is 2. The van der Waals surface area contributed by atoms with Crippen molar-refractivity contribution in [3.63, 3.8) is 0 Å². The molecule has 2 rings (SSSR count). The molecule has 12 heteroatoms. The van der Waals surface area contributed by atoms with Crippen LogP contribution in [0.25, 0.3) is 0 Å². The molecule has 0 heterocycles. The normalized spacial score (nSPS) is 11.6. The molecule has 1 atom stereocenters. The Morgan fingerprint density at radius 1 is 0.675 bits per heavy atom. The number of hydrogen-bond donors (Lipinski definition) is 0. The van der Waals surface area contributed by atoms with E-state index in [2.05, 4.69) is 0 Å². The van der Waals surface area contributed by atoms with E-state index < -0.39 is 11.9 Å². The van der Waals surface area contributed by atoms with Gasteiger partial charge in [-0.1, -0.05) is 6.92 Å². The number of methoxy groups -OCH3 is 6. The van der Waals surface area contributed by atoms with E-state index >= 15 is 0 Å². The van der Waals surface area contributed by atoms with Crippen molar-refractivity contribution in [2.45, 2.75) is 19.4 Å². The monoisotopic (exact) mass is 564 g/mol. The van der Waals surface area contributed by atoms with Gasteiger partial charge < -0.3 is 38.0 Å². The Hall–Kier alpha value is -3.90. The lowest BCUT2D eigenvalue weighted by atomic mass is 10.1. The highest BCUT2D eigenvalue weighted by molar-refractivity contribution is 5.91. The zero-order valence-electron chi connectivity index (χ0n) is 24.7. The molecule has 0 spiro atoms. The fraction of sp³-hybridized carbons (Fsp3) is 0.500. The number of esters is 1. The van der Waals surface area contributed by atoms with Crippen molar-refractivity contribution in [3.8, 4) is 34.5 Å². The molecule has 2 aromatic rings. The first-order valence-corrected chi connectivity index (χ1v) is 12.6. The summed E-state index contributed by atoms with van der Waals surface area (Å²) in [6, 6.07) is 6.08. The van der Waals surface area contributed by atoms with E-state index in [0.29, 0.717) is 47.6 Å². The topological polar surface area (TPSA) is 114 Å². The van der Waals surface area contributed by atoms with Gasteiger partial charge in [0.15, 0.2) is 23.0 Å². The Bertz CT molecular complexity index is 1090. The van der Waals surface area contributed by atoms with E-state index in [-0.39, 0.29) is 23.8 Å². The maximum absolute atomic E-state index is 12.8. The molecule has 40 heavy (non-hydrogen) atoms. The van der Waals surface area contributed by atoms with E-state index in [1.165, 1.54) is 59.9 Å². The van der Waals surface area contributed by atoms with E-state index in [1.54, 1.807) is 19.2 Å². The zero-order chi connectivity index (χ0) is 29.8. The number of likely N-dealkylation sites (N-methyl/N-ethyl adjacent to an activating group) is 2. The van der Waals surface area contributed by atoms with Gasteiger partial charge in [-0.05, 0) is 37.7 Å². The number of hydroxylamine groups is 2. The number of benzene rings is 2. The molecule has 0 amide bonds. The van der Waals surface area contributed by atoms with Gasteiger partial charge in [0.25, 0.3) is 0 Å². The molecular formula is C28H40N2O10. The van der Waals surface area contributed by atoms with Gasteiger partial charge in [0.1, 0.15) is 6.61 Å². The third-order valence-corrected chi connectivity index (χ3v) is 6.31. The van der Waals surface area contributed by atoms with Gasteiger partial charge in [-0.3, -0.25) is 4.90 Å². The predicted molar refractivity (Wildman–Crippen MR) is 147 cm³/mol. The van der Waals surface area contributed by atoms with Gasteiger partial charge in [-0.2, -0.15) is 0 Å². The van der Waals surface area contributed by atoms with Crippen molar-refractivity contribution in [3.05, 3.63) is 35.4 Å². The van der Waals surface area contributed by atoms with Gasteiger partial charge >= 0.3 is 11.9 Å². The van der Waals surface area contributed by atoms with Crippen LogP contribution in [0.5, 0.6) is 34.5 Å². The van der Waals surface area contributed by atoms with Crippen molar-refractivity contribution in [1.82, 2.24) is 9.96 Å². The highest BCUT2D eigenvalue weighted by atomic mass is 16.7. The Morgan fingerprint density at radius 3 is 1.48 bits per heavy atom. The molecule has 12 nitrogen and oxygen atoms in total. The van der Waals surface area contributed by atoms with Crippen molar-refractivity contribution < 1.29 is 47.6 Å². The number of nitrogens with zero attached hydrogens (tertiary/aromatic N) is 2. The number of ether oxygens (including phenoxy) is 7. The van der Waals surface area contributed by atoms with E-state index in [9.17, 15) is 9.59 Å². The molecule has 0 saturated carbocycles. The van der Waals surface area contributed by atoms with Crippen molar-refractivity contribution >= 4 is 11.9 Å². The fourth-order valence-corrected chi connectivity index (χ4v) is 3.93. The fourth-order valence-electron chi connectivity index (χ4n) is 3.93. The van der Waals surface area contributed by atoms with Gasteiger partial charge in [-0.15, -0.1) is 5.06 Å². The molecule has 0 fully saturated rings. The molecule has 0 bridgehead atoms. The summed E-state index contributed by atoms with van der Waals surface area (Å²) in [6.45, 7) is 3.11. The average Bonchev–Trinajstić information content (AvgIpc) is 2.98.